The van der Waals surface area contributed by atoms with Gasteiger partial charge in [0.2, 0.25) is 21.1 Å². The standard InChI is InChI=1S/C26H22ClN7O4S3/c27-18-5-2-1-4-16(18)22-17(12-28)24(29)34(19-6-3-7-20(35)23(19)22)25-32-33-26(40-25)39-13-21(36)31-14-8-10-15(11-9-14)41(30,37)38/h1-2,4-5,8-11,22H,3,6-7,13,29H2,(H,31,36)(H2,30,37,38). The largest absolute Gasteiger partial charge is 0.384 e. The summed E-state index contributed by atoms with van der Waals surface area (Å²) in [6.45, 7) is 0. The number of aromatic nitrogens is 2. The van der Waals surface area contributed by atoms with Crippen molar-refractivity contribution in [1.82, 2.24) is 10.2 Å². The normalized spacial score (nSPS) is 17.3. The zero-order valence-electron chi connectivity index (χ0n) is 21.2. The number of nitriles is 1. The predicted octanol–water partition coefficient (Wildman–Crippen LogP) is 3.87. The summed E-state index contributed by atoms with van der Waals surface area (Å²) in [5.74, 6) is -0.947. The molecular weight excluding hydrogens is 606 g/mol. The van der Waals surface area contributed by atoms with Gasteiger partial charge < -0.3 is 11.1 Å². The van der Waals surface area contributed by atoms with Crippen molar-refractivity contribution in [3.8, 4) is 6.07 Å². The van der Waals surface area contributed by atoms with Gasteiger partial charge in [0.1, 0.15) is 5.82 Å². The average molecular weight is 628 g/mol. The molecule has 3 aromatic rings. The molecule has 0 spiro atoms. The molecule has 1 unspecified atom stereocenters. The molecule has 0 saturated heterocycles. The van der Waals surface area contributed by atoms with Crippen molar-refractivity contribution < 1.29 is 18.0 Å². The number of hydrogen-bond donors (Lipinski definition) is 3. The number of rotatable bonds is 7. The van der Waals surface area contributed by atoms with Crippen molar-refractivity contribution >= 4 is 67.2 Å². The summed E-state index contributed by atoms with van der Waals surface area (Å²) in [6, 6.07) is 14.8. The van der Waals surface area contributed by atoms with Crippen molar-refractivity contribution in [3.63, 3.8) is 0 Å². The lowest BCUT2D eigenvalue weighted by Gasteiger charge is -2.38. The summed E-state index contributed by atoms with van der Waals surface area (Å²) in [6.07, 6.45) is 1.52. The van der Waals surface area contributed by atoms with Gasteiger partial charge in [0, 0.05) is 28.4 Å². The minimum atomic E-state index is -3.83. The van der Waals surface area contributed by atoms with E-state index in [1.807, 2.05) is 0 Å². The second kappa shape index (κ2) is 11.6. The predicted molar refractivity (Wildman–Crippen MR) is 156 cm³/mol. The summed E-state index contributed by atoms with van der Waals surface area (Å²) in [7, 11) is -3.83. The molecule has 5 rings (SSSR count). The Bertz CT molecular complexity index is 1760. The highest BCUT2D eigenvalue weighted by Crippen LogP contribution is 2.48. The van der Waals surface area contributed by atoms with Crippen molar-refractivity contribution in [2.24, 2.45) is 10.9 Å². The van der Waals surface area contributed by atoms with Gasteiger partial charge in [-0.1, -0.05) is 52.9 Å². The fourth-order valence-corrected chi connectivity index (χ4v) is 7.17. The molecule has 0 bridgehead atoms. The van der Waals surface area contributed by atoms with Crippen molar-refractivity contribution in [2.45, 2.75) is 34.4 Å². The molecule has 11 nitrogen and oxygen atoms in total. The van der Waals surface area contributed by atoms with Crippen molar-refractivity contribution in [1.29, 1.82) is 5.26 Å². The summed E-state index contributed by atoms with van der Waals surface area (Å²) < 4.78 is 23.3. The summed E-state index contributed by atoms with van der Waals surface area (Å²) in [5.41, 5.74) is 8.95. The summed E-state index contributed by atoms with van der Waals surface area (Å²) in [5, 5.41) is 27.2. The third-order valence-corrected chi connectivity index (χ3v) is 9.83. The molecule has 1 aromatic heterocycles. The molecule has 1 amide bonds. The number of carbonyl (C=O) groups excluding carboxylic acids is 2. The Morgan fingerprint density at radius 2 is 1.93 bits per heavy atom. The van der Waals surface area contributed by atoms with Crippen LogP contribution in [0.2, 0.25) is 5.02 Å². The number of carbonyl (C=O) groups is 2. The van der Waals surface area contributed by atoms with Crippen LogP contribution >= 0.6 is 34.7 Å². The van der Waals surface area contributed by atoms with Gasteiger partial charge in [-0.2, -0.15) is 5.26 Å². The second-order valence-corrected chi connectivity index (χ2v) is 13.2. The number of hydrogen-bond acceptors (Lipinski definition) is 11. The van der Waals surface area contributed by atoms with Gasteiger partial charge in [-0.3, -0.25) is 14.5 Å². The van der Waals surface area contributed by atoms with Crippen LogP contribution in [0.25, 0.3) is 0 Å². The lowest BCUT2D eigenvalue weighted by atomic mass is 9.76. The number of halogens is 1. The maximum Gasteiger partial charge on any atom is 0.238 e. The molecule has 1 aliphatic heterocycles. The highest BCUT2D eigenvalue weighted by atomic mass is 35.5. The number of anilines is 2. The summed E-state index contributed by atoms with van der Waals surface area (Å²) >= 11 is 8.82. The Morgan fingerprint density at radius 3 is 2.61 bits per heavy atom. The van der Waals surface area contributed by atoms with E-state index in [0.29, 0.717) is 56.3 Å². The van der Waals surface area contributed by atoms with Gasteiger partial charge in [0.05, 0.1) is 28.2 Å². The van der Waals surface area contributed by atoms with Crippen LogP contribution in [0, 0.1) is 11.3 Å². The van der Waals surface area contributed by atoms with Gasteiger partial charge in [-0.15, -0.1) is 10.2 Å². The number of benzene rings is 2. The van der Waals surface area contributed by atoms with E-state index in [9.17, 15) is 23.3 Å². The number of thioether (sulfide) groups is 1. The van der Waals surface area contributed by atoms with E-state index in [1.54, 1.807) is 29.2 Å². The minimum absolute atomic E-state index is 0.00134. The Balaban J connectivity index is 1.37. The number of sulfonamides is 1. The third-order valence-electron chi connectivity index (χ3n) is 6.51. The lowest BCUT2D eigenvalue weighted by Crippen LogP contribution is -2.38. The molecule has 1 atom stereocenters. The van der Waals surface area contributed by atoms with E-state index in [-0.39, 0.29) is 33.7 Å². The van der Waals surface area contributed by atoms with E-state index in [1.165, 1.54) is 35.6 Å². The minimum Gasteiger partial charge on any atom is -0.384 e. The van der Waals surface area contributed by atoms with Crippen LogP contribution in [0.4, 0.5) is 10.8 Å². The van der Waals surface area contributed by atoms with Crippen molar-refractivity contribution in [3.05, 3.63) is 81.8 Å². The number of nitrogens with one attached hydrogen (secondary N) is 1. The monoisotopic (exact) mass is 627 g/mol. The highest BCUT2D eigenvalue weighted by molar-refractivity contribution is 8.01. The first-order chi connectivity index (χ1) is 19.6. The molecule has 41 heavy (non-hydrogen) atoms. The first kappa shape index (κ1) is 28.8. The zero-order valence-corrected chi connectivity index (χ0v) is 24.4. The molecule has 1 aliphatic carbocycles. The topological polar surface area (TPSA) is 185 Å². The van der Waals surface area contributed by atoms with E-state index < -0.39 is 15.9 Å². The first-order valence-corrected chi connectivity index (χ1v) is 15.9. The van der Waals surface area contributed by atoms with Crippen LogP contribution in [0.3, 0.4) is 0 Å². The molecular formula is C26H22ClN7O4S3. The van der Waals surface area contributed by atoms with Crippen LogP contribution in [0.5, 0.6) is 0 Å². The van der Waals surface area contributed by atoms with Crippen LogP contribution in [-0.2, 0) is 19.6 Å². The number of primary sulfonamides is 1. The van der Waals surface area contributed by atoms with Gasteiger partial charge in [-0.05, 0) is 48.7 Å². The lowest BCUT2D eigenvalue weighted by molar-refractivity contribution is -0.116. The molecule has 210 valence electrons. The number of amides is 1. The molecule has 0 saturated carbocycles. The van der Waals surface area contributed by atoms with E-state index in [4.69, 9.17) is 22.5 Å². The number of allylic oxidation sites excluding steroid dienone is 3. The van der Waals surface area contributed by atoms with Crippen LogP contribution in [0.15, 0.2) is 80.4 Å². The number of Topliss-reactive ketones (excluding diaryl/α,β-unsaturated/α-hetero) is 1. The molecule has 2 aliphatic rings. The van der Waals surface area contributed by atoms with Gasteiger partial charge in [-0.25, -0.2) is 13.6 Å². The van der Waals surface area contributed by atoms with Crippen molar-refractivity contribution in [2.75, 3.05) is 16.0 Å². The SMILES string of the molecule is N#CC1=C(N)N(c2nnc(SCC(=O)Nc3ccc(S(N)(=O)=O)cc3)s2)C2=C(C(=O)CCC2)C1c1ccccc1Cl. The maximum absolute atomic E-state index is 13.3. The number of nitrogens with two attached hydrogens (primary N) is 2. The van der Waals surface area contributed by atoms with Crippen LogP contribution in [-0.4, -0.2) is 36.1 Å². The smallest absolute Gasteiger partial charge is 0.238 e. The quantitative estimate of drug-likeness (QED) is 0.325. The van der Waals surface area contributed by atoms with E-state index in [0.717, 1.165) is 11.8 Å². The van der Waals surface area contributed by atoms with Crippen LogP contribution in [0.1, 0.15) is 30.7 Å². The molecule has 0 radical (unpaired) electrons. The van der Waals surface area contributed by atoms with E-state index in [2.05, 4.69) is 21.6 Å². The fraction of sp³-hybridized carbons (Fsp3) is 0.192. The Morgan fingerprint density at radius 1 is 1.20 bits per heavy atom. The second-order valence-electron chi connectivity index (χ2n) is 9.09. The Hall–Kier alpha value is -3.74. The Labute approximate surface area is 248 Å². The summed E-state index contributed by atoms with van der Waals surface area (Å²) in [4.78, 5) is 27.3. The zero-order chi connectivity index (χ0) is 29.3. The molecule has 0 fully saturated rings. The highest BCUT2D eigenvalue weighted by Gasteiger charge is 2.41. The molecule has 15 heteroatoms. The molecule has 2 heterocycles. The first-order valence-electron chi connectivity index (χ1n) is 12.2. The van der Waals surface area contributed by atoms with Gasteiger partial charge in [0.15, 0.2) is 10.1 Å². The maximum atomic E-state index is 13.3. The van der Waals surface area contributed by atoms with E-state index >= 15 is 0 Å². The van der Waals surface area contributed by atoms with Gasteiger partial charge >= 0.3 is 0 Å². The number of nitrogens with zero attached hydrogens (tertiary/aromatic N) is 4. The fourth-order valence-electron chi connectivity index (χ4n) is 4.73. The number of ketones is 1. The average Bonchev–Trinajstić information content (AvgIpc) is 3.40. The molecule has 5 N–H and O–H groups in total. The Kier molecular flexibility index (Phi) is 8.16. The van der Waals surface area contributed by atoms with Gasteiger partial charge in [0.25, 0.3) is 0 Å². The van der Waals surface area contributed by atoms with Crippen LogP contribution < -0.4 is 21.1 Å². The third kappa shape index (κ3) is 5.85. The molecule has 2 aromatic carbocycles.